The van der Waals surface area contributed by atoms with Crippen molar-refractivity contribution in [3.05, 3.63) is 34.8 Å². The first-order chi connectivity index (χ1) is 10.6. The molecule has 0 N–H and O–H groups in total. The van der Waals surface area contributed by atoms with Gasteiger partial charge < -0.3 is 9.26 Å². The van der Waals surface area contributed by atoms with Gasteiger partial charge in [-0.2, -0.15) is 0 Å². The van der Waals surface area contributed by atoms with Crippen LogP contribution in [0.25, 0.3) is 10.2 Å². The van der Waals surface area contributed by atoms with Crippen LogP contribution in [0.2, 0.25) is 0 Å². The third-order valence-corrected chi connectivity index (χ3v) is 4.91. The van der Waals surface area contributed by atoms with Crippen LogP contribution in [-0.4, -0.2) is 26.8 Å². The predicted molar refractivity (Wildman–Crippen MR) is 83.9 cm³/mol. The first-order valence-electron chi connectivity index (χ1n) is 6.53. The normalized spacial score (nSPS) is 11.0. The summed E-state index contributed by atoms with van der Waals surface area (Å²) in [5.74, 6) is 0.575. The van der Waals surface area contributed by atoms with Crippen molar-refractivity contribution in [3.63, 3.8) is 0 Å². The van der Waals surface area contributed by atoms with Crippen molar-refractivity contribution < 1.29 is 14.1 Å². The zero-order chi connectivity index (χ0) is 15.5. The molecule has 6 nitrogen and oxygen atoms in total. The molecular weight excluding hydrogens is 322 g/mol. The van der Waals surface area contributed by atoms with Crippen LogP contribution in [0.5, 0.6) is 0 Å². The summed E-state index contributed by atoms with van der Waals surface area (Å²) in [4.78, 5) is 21.2. The Hall–Kier alpha value is -1.93. The van der Waals surface area contributed by atoms with Gasteiger partial charge in [0.2, 0.25) is 0 Å². The molecule has 0 aliphatic carbocycles. The second-order valence-electron chi connectivity index (χ2n) is 4.57. The number of hydrogen-bond donors (Lipinski definition) is 0. The summed E-state index contributed by atoms with van der Waals surface area (Å²) >= 11 is 2.90. The van der Waals surface area contributed by atoms with Crippen LogP contribution in [0, 0.1) is 13.8 Å². The van der Waals surface area contributed by atoms with E-state index in [4.69, 9.17) is 9.26 Å². The van der Waals surface area contributed by atoms with Gasteiger partial charge in [-0.3, -0.25) is 4.79 Å². The maximum atomic E-state index is 11.9. The summed E-state index contributed by atoms with van der Waals surface area (Å²) in [6.45, 7) is 3.80. The van der Waals surface area contributed by atoms with Crippen molar-refractivity contribution in [2.75, 3.05) is 5.75 Å². The molecule has 0 unspecified atom stereocenters. The van der Waals surface area contributed by atoms with Crippen LogP contribution < -0.4 is 0 Å². The number of carbonyl (C=O) groups is 1. The number of aromatic nitrogens is 3. The summed E-state index contributed by atoms with van der Waals surface area (Å²) < 4.78 is 10.3. The van der Waals surface area contributed by atoms with Crippen molar-refractivity contribution in [3.8, 4) is 0 Å². The number of ether oxygens (including phenoxy) is 1. The van der Waals surface area contributed by atoms with E-state index in [1.165, 1.54) is 18.1 Å². The molecule has 114 valence electrons. The Morgan fingerprint density at radius 2 is 2.27 bits per heavy atom. The highest BCUT2D eigenvalue weighted by Crippen LogP contribution is 2.27. The molecule has 0 radical (unpaired) electrons. The van der Waals surface area contributed by atoms with E-state index in [0.717, 1.165) is 26.5 Å². The monoisotopic (exact) mass is 335 g/mol. The van der Waals surface area contributed by atoms with Crippen molar-refractivity contribution in [2.24, 2.45) is 0 Å². The SMILES string of the molecule is Cc1noc(C)c1COC(=O)CSc1ncnc2sccc12. The number of nitrogens with zero attached hydrogens (tertiary/aromatic N) is 3. The second kappa shape index (κ2) is 6.45. The quantitative estimate of drug-likeness (QED) is 0.402. The standard InChI is InChI=1S/C14H13N3O3S2/c1-8-11(9(2)20-17-8)5-19-12(18)6-22-14-10-3-4-21-13(10)15-7-16-14/h3-4,7H,5-6H2,1-2H3. The van der Waals surface area contributed by atoms with Gasteiger partial charge in [0, 0.05) is 5.39 Å². The van der Waals surface area contributed by atoms with Gasteiger partial charge in [0.1, 0.15) is 28.6 Å². The number of carbonyl (C=O) groups excluding carboxylic acids is 1. The van der Waals surface area contributed by atoms with Crippen molar-refractivity contribution >= 4 is 39.3 Å². The molecule has 0 spiro atoms. The molecule has 0 fully saturated rings. The fourth-order valence-corrected chi connectivity index (χ4v) is 3.49. The maximum absolute atomic E-state index is 11.9. The van der Waals surface area contributed by atoms with Crippen molar-refractivity contribution in [1.29, 1.82) is 0 Å². The molecule has 0 amide bonds. The maximum Gasteiger partial charge on any atom is 0.316 e. The predicted octanol–water partition coefficient (Wildman–Crippen LogP) is 3.13. The molecule has 3 aromatic rings. The summed E-state index contributed by atoms with van der Waals surface area (Å²) in [6.07, 6.45) is 1.51. The molecule has 0 aliphatic heterocycles. The van der Waals surface area contributed by atoms with Crippen LogP contribution in [-0.2, 0) is 16.1 Å². The lowest BCUT2D eigenvalue weighted by molar-refractivity contribution is -0.141. The number of aryl methyl sites for hydroxylation is 2. The van der Waals surface area contributed by atoms with Crippen LogP contribution in [0.3, 0.4) is 0 Å². The van der Waals surface area contributed by atoms with Crippen LogP contribution in [0.15, 0.2) is 27.3 Å². The minimum absolute atomic E-state index is 0.179. The summed E-state index contributed by atoms with van der Waals surface area (Å²) in [5, 5.41) is 7.55. The topological polar surface area (TPSA) is 78.1 Å². The second-order valence-corrected chi connectivity index (χ2v) is 6.43. The zero-order valence-corrected chi connectivity index (χ0v) is 13.7. The van der Waals surface area contributed by atoms with Gasteiger partial charge in [0.05, 0.1) is 17.0 Å². The Balaban J connectivity index is 1.58. The number of thioether (sulfide) groups is 1. The summed E-state index contributed by atoms with van der Waals surface area (Å²) in [7, 11) is 0. The largest absolute Gasteiger partial charge is 0.460 e. The molecule has 0 aromatic carbocycles. The van der Waals surface area contributed by atoms with Gasteiger partial charge in [-0.05, 0) is 25.3 Å². The van der Waals surface area contributed by atoms with Crippen LogP contribution in [0.4, 0.5) is 0 Å². The summed E-state index contributed by atoms with van der Waals surface area (Å²) in [5.41, 5.74) is 1.56. The highest BCUT2D eigenvalue weighted by atomic mass is 32.2. The minimum Gasteiger partial charge on any atom is -0.460 e. The first-order valence-corrected chi connectivity index (χ1v) is 8.40. The number of fused-ring (bicyclic) bond motifs is 1. The van der Waals surface area contributed by atoms with E-state index in [0.29, 0.717) is 5.76 Å². The fourth-order valence-electron chi connectivity index (χ4n) is 1.91. The fraction of sp³-hybridized carbons (Fsp3) is 0.286. The molecule has 3 rings (SSSR count). The van der Waals surface area contributed by atoms with E-state index < -0.39 is 0 Å². The third-order valence-electron chi connectivity index (χ3n) is 3.11. The molecule has 0 saturated carbocycles. The zero-order valence-electron chi connectivity index (χ0n) is 12.0. The third kappa shape index (κ3) is 3.12. The molecule has 3 aromatic heterocycles. The Bertz CT molecular complexity index is 793. The number of thiophene rings is 1. The minimum atomic E-state index is -0.299. The van der Waals surface area contributed by atoms with Gasteiger partial charge in [0.25, 0.3) is 0 Å². The number of esters is 1. The first kappa shape index (κ1) is 15.0. The Kier molecular flexibility index (Phi) is 4.39. The smallest absolute Gasteiger partial charge is 0.316 e. The van der Waals surface area contributed by atoms with E-state index in [-0.39, 0.29) is 18.3 Å². The van der Waals surface area contributed by atoms with Gasteiger partial charge in [0.15, 0.2) is 0 Å². The molecule has 0 bridgehead atoms. The lowest BCUT2D eigenvalue weighted by Gasteiger charge is -2.04. The lowest BCUT2D eigenvalue weighted by atomic mass is 10.2. The van der Waals surface area contributed by atoms with E-state index >= 15 is 0 Å². The molecule has 0 atom stereocenters. The van der Waals surface area contributed by atoms with E-state index in [1.54, 1.807) is 18.3 Å². The van der Waals surface area contributed by atoms with Crippen LogP contribution >= 0.6 is 23.1 Å². The van der Waals surface area contributed by atoms with Crippen molar-refractivity contribution in [1.82, 2.24) is 15.1 Å². The number of rotatable bonds is 5. The lowest BCUT2D eigenvalue weighted by Crippen LogP contribution is -2.08. The summed E-state index contributed by atoms with van der Waals surface area (Å²) in [6, 6.07) is 1.96. The molecule has 3 heterocycles. The Morgan fingerprint density at radius 1 is 1.41 bits per heavy atom. The molecule has 8 heteroatoms. The van der Waals surface area contributed by atoms with Gasteiger partial charge in [-0.25, -0.2) is 9.97 Å². The van der Waals surface area contributed by atoms with Crippen LogP contribution in [0.1, 0.15) is 17.0 Å². The number of hydrogen-bond acceptors (Lipinski definition) is 8. The molecule has 0 aliphatic rings. The van der Waals surface area contributed by atoms with E-state index in [9.17, 15) is 4.79 Å². The average molecular weight is 335 g/mol. The highest BCUT2D eigenvalue weighted by molar-refractivity contribution is 8.00. The Labute approximate surface area is 134 Å². The van der Waals surface area contributed by atoms with E-state index in [1.807, 2.05) is 18.4 Å². The molecule has 22 heavy (non-hydrogen) atoms. The highest BCUT2D eigenvalue weighted by Gasteiger charge is 2.13. The van der Waals surface area contributed by atoms with Gasteiger partial charge >= 0.3 is 5.97 Å². The van der Waals surface area contributed by atoms with Gasteiger partial charge in [-0.15, -0.1) is 11.3 Å². The Morgan fingerprint density at radius 3 is 3.05 bits per heavy atom. The average Bonchev–Trinajstić information content (AvgIpc) is 3.11. The van der Waals surface area contributed by atoms with Gasteiger partial charge in [-0.1, -0.05) is 16.9 Å². The van der Waals surface area contributed by atoms with Crippen molar-refractivity contribution in [2.45, 2.75) is 25.5 Å². The molecule has 0 saturated heterocycles. The van der Waals surface area contributed by atoms with E-state index in [2.05, 4.69) is 15.1 Å². The molecular formula is C14H13N3O3S2.